The summed E-state index contributed by atoms with van der Waals surface area (Å²) in [5.74, 6) is -0.584. The average Bonchev–Trinajstić information content (AvgIpc) is 3.01. The average molecular weight is 418 g/mol. The zero-order chi connectivity index (χ0) is 21.5. The van der Waals surface area contributed by atoms with Gasteiger partial charge in [0.2, 0.25) is 0 Å². The molecule has 3 rings (SSSR count). The van der Waals surface area contributed by atoms with E-state index in [1.165, 1.54) is 10.7 Å². The van der Waals surface area contributed by atoms with Crippen LogP contribution in [0.15, 0.2) is 33.6 Å². The van der Waals surface area contributed by atoms with Crippen molar-refractivity contribution < 1.29 is 13.7 Å². The largest absolute Gasteiger partial charge is 0.390 e. The summed E-state index contributed by atoms with van der Waals surface area (Å²) in [5, 5.41) is 14.4. The van der Waals surface area contributed by atoms with Crippen LogP contribution in [0.25, 0.3) is 22.0 Å². The van der Waals surface area contributed by atoms with Gasteiger partial charge < -0.3 is 10.1 Å². The molecule has 0 radical (unpaired) electrons. The van der Waals surface area contributed by atoms with Crippen molar-refractivity contribution in [3.05, 3.63) is 51.8 Å². The van der Waals surface area contributed by atoms with Gasteiger partial charge in [0.05, 0.1) is 33.8 Å². The first-order valence-electron chi connectivity index (χ1n) is 8.99. The Hall–Kier alpha value is -2.65. The quantitative estimate of drug-likeness (QED) is 0.636. The number of aliphatic hydroxyl groups excluding tert-OH is 1. The van der Waals surface area contributed by atoms with Crippen LogP contribution in [0.1, 0.15) is 39.0 Å². The van der Waals surface area contributed by atoms with Gasteiger partial charge in [0.1, 0.15) is 16.8 Å². The van der Waals surface area contributed by atoms with Crippen molar-refractivity contribution >= 4 is 27.5 Å². The van der Waals surface area contributed by atoms with Crippen LogP contribution in [0.5, 0.6) is 0 Å². The lowest BCUT2D eigenvalue weighted by atomic mass is 10.0. The maximum absolute atomic E-state index is 14.2. The third kappa shape index (κ3) is 4.20. The molecule has 1 atom stereocenters. The second-order valence-electron chi connectivity index (χ2n) is 7.79. The number of hydrogen-bond acceptors (Lipinski definition) is 4. The first kappa shape index (κ1) is 21.1. The number of aromatic amines is 1. The van der Waals surface area contributed by atoms with Crippen LogP contribution >= 0.6 is 0 Å². The van der Waals surface area contributed by atoms with Gasteiger partial charge in [-0.1, -0.05) is 0 Å². The highest BCUT2D eigenvalue weighted by Gasteiger charge is 2.21. The van der Waals surface area contributed by atoms with Crippen molar-refractivity contribution in [2.24, 2.45) is 11.4 Å². The summed E-state index contributed by atoms with van der Waals surface area (Å²) in [6.07, 6.45) is 1.68. The third-order valence-electron chi connectivity index (χ3n) is 4.41. The minimum Gasteiger partial charge on any atom is -0.390 e. The Morgan fingerprint density at radius 3 is 2.62 bits per heavy atom. The number of H-pyrrole nitrogens is 1. The van der Waals surface area contributed by atoms with Crippen molar-refractivity contribution in [2.45, 2.75) is 39.0 Å². The predicted octanol–water partition coefficient (Wildman–Crippen LogP) is 2.83. The molecule has 2 N–H and O–H groups in total. The number of pyridine rings is 1. The number of aromatic nitrogens is 3. The van der Waals surface area contributed by atoms with Gasteiger partial charge in [-0.3, -0.25) is 9.48 Å². The lowest BCUT2D eigenvalue weighted by Crippen LogP contribution is -2.21. The molecule has 0 fully saturated rings. The third-order valence-corrected chi connectivity index (χ3v) is 5.89. The molecule has 0 aliphatic carbocycles. The SMILES string of the molecule is C/C(=N\[S@](=O)C(C)(C)C)c1cc(F)cc2c(=O)[nH]c(-c3cn(C)nc3CO)cc12. The fourth-order valence-electron chi connectivity index (χ4n) is 2.96. The van der Waals surface area contributed by atoms with Crippen LogP contribution in [-0.2, 0) is 24.6 Å². The van der Waals surface area contributed by atoms with E-state index in [0.717, 1.165) is 6.07 Å². The van der Waals surface area contributed by atoms with Gasteiger partial charge >= 0.3 is 0 Å². The molecule has 2 aromatic heterocycles. The van der Waals surface area contributed by atoms with Crippen molar-refractivity contribution in [3.8, 4) is 11.3 Å². The summed E-state index contributed by atoms with van der Waals surface area (Å²) >= 11 is 0. The Kier molecular flexibility index (Phi) is 5.55. The summed E-state index contributed by atoms with van der Waals surface area (Å²) < 4.78 is 31.9. The smallest absolute Gasteiger partial charge is 0.256 e. The number of nitrogens with one attached hydrogen (secondary N) is 1. The van der Waals surface area contributed by atoms with E-state index >= 15 is 0 Å². The van der Waals surface area contributed by atoms with E-state index in [9.17, 15) is 18.5 Å². The summed E-state index contributed by atoms with van der Waals surface area (Å²) in [7, 11) is 0.177. The van der Waals surface area contributed by atoms with E-state index in [-0.39, 0.29) is 12.0 Å². The molecule has 0 amide bonds. The summed E-state index contributed by atoms with van der Waals surface area (Å²) in [5.41, 5.74) is 1.70. The van der Waals surface area contributed by atoms with E-state index in [1.807, 2.05) is 0 Å². The van der Waals surface area contributed by atoms with Gasteiger partial charge in [0, 0.05) is 24.4 Å². The highest BCUT2D eigenvalue weighted by atomic mass is 32.2. The molecule has 9 heteroatoms. The normalized spacial score (nSPS) is 13.8. The number of halogens is 1. The maximum Gasteiger partial charge on any atom is 0.256 e. The molecule has 0 spiro atoms. The van der Waals surface area contributed by atoms with Gasteiger partial charge in [-0.05, 0) is 51.3 Å². The van der Waals surface area contributed by atoms with Gasteiger partial charge in [-0.15, -0.1) is 0 Å². The molecule has 7 nitrogen and oxygen atoms in total. The highest BCUT2D eigenvalue weighted by molar-refractivity contribution is 7.85. The van der Waals surface area contributed by atoms with E-state index in [1.54, 1.807) is 47.0 Å². The fourth-order valence-corrected chi connectivity index (χ4v) is 3.58. The second kappa shape index (κ2) is 7.64. The van der Waals surface area contributed by atoms with Crippen molar-refractivity contribution in [3.63, 3.8) is 0 Å². The zero-order valence-electron chi connectivity index (χ0n) is 16.9. The first-order valence-corrected chi connectivity index (χ1v) is 10.1. The number of hydrogen-bond donors (Lipinski definition) is 2. The fraction of sp³-hybridized carbons (Fsp3) is 0.350. The molecule has 0 aliphatic heterocycles. The number of nitrogens with zero attached hydrogens (tertiary/aromatic N) is 3. The number of fused-ring (bicyclic) bond motifs is 1. The molecule has 0 bridgehead atoms. The standard InChI is InChI=1S/C20H23FN4O3S/c1-11(24-29(28)20(2,3)4)13-6-12(21)7-15-14(13)8-17(22-19(15)27)16-9-25(5)23-18(16)10-26/h6-9,26H,10H2,1-5H3,(H,22,27)/b24-11+/t29-/m1/s1. The first-order chi connectivity index (χ1) is 13.5. The maximum atomic E-state index is 14.2. The molecule has 0 saturated carbocycles. The molecule has 1 aromatic carbocycles. The summed E-state index contributed by atoms with van der Waals surface area (Å²) in [4.78, 5) is 15.4. The number of rotatable bonds is 4. The van der Waals surface area contributed by atoms with Crippen LogP contribution < -0.4 is 5.56 Å². The van der Waals surface area contributed by atoms with Gasteiger partial charge in [-0.2, -0.15) is 9.50 Å². The predicted molar refractivity (Wildman–Crippen MR) is 113 cm³/mol. The van der Waals surface area contributed by atoms with Gasteiger partial charge in [0.25, 0.3) is 5.56 Å². The van der Waals surface area contributed by atoms with Gasteiger partial charge in [-0.25, -0.2) is 8.60 Å². The molecule has 3 aromatic rings. The van der Waals surface area contributed by atoms with Crippen LogP contribution in [0.4, 0.5) is 4.39 Å². The number of aryl methyl sites for hydroxylation is 1. The van der Waals surface area contributed by atoms with E-state index in [0.29, 0.717) is 33.6 Å². The van der Waals surface area contributed by atoms with Crippen LogP contribution in [0.2, 0.25) is 0 Å². The second-order valence-corrected chi connectivity index (χ2v) is 9.69. The Morgan fingerprint density at radius 1 is 1.31 bits per heavy atom. The summed E-state index contributed by atoms with van der Waals surface area (Å²) in [6, 6.07) is 4.13. The van der Waals surface area contributed by atoms with Crippen molar-refractivity contribution in [1.29, 1.82) is 0 Å². The van der Waals surface area contributed by atoms with Crippen LogP contribution in [0.3, 0.4) is 0 Å². The Balaban J connectivity index is 2.29. The summed E-state index contributed by atoms with van der Waals surface area (Å²) in [6.45, 7) is 6.74. The molecule has 0 aliphatic rings. The molecular weight excluding hydrogens is 395 g/mol. The molecule has 0 saturated heterocycles. The van der Waals surface area contributed by atoms with Crippen molar-refractivity contribution in [1.82, 2.24) is 14.8 Å². The minimum atomic E-state index is -1.53. The molecule has 0 unspecified atom stereocenters. The van der Waals surface area contributed by atoms with Crippen LogP contribution in [-0.4, -0.2) is 34.5 Å². The molecular formula is C20H23FN4O3S. The van der Waals surface area contributed by atoms with Gasteiger partial charge in [0.15, 0.2) is 0 Å². The van der Waals surface area contributed by atoms with E-state index in [4.69, 9.17) is 0 Å². The van der Waals surface area contributed by atoms with E-state index in [2.05, 4.69) is 14.5 Å². The topological polar surface area (TPSA) is 100 Å². The lowest BCUT2D eigenvalue weighted by molar-refractivity contribution is 0.276. The number of aliphatic hydroxyl groups is 1. The Morgan fingerprint density at radius 2 is 2.00 bits per heavy atom. The Bertz CT molecular complexity index is 1200. The van der Waals surface area contributed by atoms with E-state index < -0.39 is 27.1 Å². The monoisotopic (exact) mass is 418 g/mol. The minimum absolute atomic E-state index is 0.161. The van der Waals surface area contributed by atoms with Crippen molar-refractivity contribution in [2.75, 3.05) is 0 Å². The molecule has 154 valence electrons. The van der Waals surface area contributed by atoms with Crippen LogP contribution in [0, 0.1) is 5.82 Å². The Labute approximate surface area is 169 Å². The number of benzene rings is 1. The highest BCUT2D eigenvalue weighted by Crippen LogP contribution is 2.26. The zero-order valence-corrected chi connectivity index (χ0v) is 17.7. The lowest BCUT2D eigenvalue weighted by Gasteiger charge is -2.15. The molecule has 2 heterocycles. The molecule has 29 heavy (non-hydrogen) atoms.